The summed E-state index contributed by atoms with van der Waals surface area (Å²) in [4.78, 5) is 2.39. The van der Waals surface area contributed by atoms with E-state index >= 15 is 0 Å². The lowest BCUT2D eigenvalue weighted by atomic mass is 9.77. The van der Waals surface area contributed by atoms with Gasteiger partial charge >= 0.3 is 0 Å². The van der Waals surface area contributed by atoms with Crippen LogP contribution in [0.15, 0.2) is 90.5 Å². The van der Waals surface area contributed by atoms with Gasteiger partial charge in [0.25, 0.3) is 0 Å². The quantitative estimate of drug-likeness (QED) is 0.0671. The summed E-state index contributed by atoms with van der Waals surface area (Å²) in [7, 11) is 3.40. The zero-order valence-corrected chi connectivity index (χ0v) is 34.2. The molecular formula is C46H51INO7+. The van der Waals surface area contributed by atoms with E-state index in [1.54, 1.807) is 14.2 Å². The van der Waals surface area contributed by atoms with Crippen LogP contribution in [-0.4, -0.2) is 71.7 Å². The minimum atomic E-state index is -0.821. The first-order valence-electron chi connectivity index (χ1n) is 19.6. The monoisotopic (exact) mass is 856 g/mol. The van der Waals surface area contributed by atoms with Crippen molar-refractivity contribution in [2.75, 3.05) is 71.9 Å². The Labute approximate surface area is 338 Å². The number of nitrogens with zero attached hydrogens (tertiary/aromatic N) is 1. The Morgan fingerprint density at radius 2 is 1.71 bits per heavy atom. The highest BCUT2D eigenvalue weighted by atomic mass is 127. The molecule has 0 amide bonds. The van der Waals surface area contributed by atoms with E-state index in [1.807, 2.05) is 23.0 Å². The van der Waals surface area contributed by atoms with Gasteiger partial charge in [-0.05, 0) is 78.3 Å². The van der Waals surface area contributed by atoms with Crippen molar-refractivity contribution in [1.29, 1.82) is 0 Å². The number of fused-ring (bicyclic) bond motifs is 8. The average Bonchev–Trinajstić information content (AvgIpc) is 3.54. The molecule has 4 aliphatic rings. The van der Waals surface area contributed by atoms with Gasteiger partial charge in [0.15, 0.2) is 23.7 Å². The fraction of sp³-hybridized carbons (Fsp3) is 0.391. The molecule has 2 heterocycles. The van der Waals surface area contributed by atoms with Crippen LogP contribution in [0.4, 0.5) is 5.69 Å². The molecule has 2 unspecified atom stereocenters. The van der Waals surface area contributed by atoms with Gasteiger partial charge in [0.1, 0.15) is 35.4 Å². The topological polar surface area (TPSA) is 71.4 Å². The summed E-state index contributed by atoms with van der Waals surface area (Å²) in [6, 6.07) is 22.0. The smallest absolute Gasteiger partial charge is 0.219 e. The van der Waals surface area contributed by atoms with Gasteiger partial charge in [-0.1, -0.05) is 61.9 Å². The Morgan fingerprint density at radius 1 is 0.927 bits per heavy atom. The second kappa shape index (κ2) is 16.7. The van der Waals surface area contributed by atoms with Crippen molar-refractivity contribution in [2.45, 2.75) is 50.2 Å². The predicted molar refractivity (Wildman–Crippen MR) is 228 cm³/mol. The summed E-state index contributed by atoms with van der Waals surface area (Å²) in [5, 5.41) is 2.05. The number of benzene rings is 4. The minimum Gasteiger partial charge on any atom is -0.493 e. The van der Waals surface area contributed by atoms with Crippen molar-refractivity contribution in [2.24, 2.45) is 0 Å². The average molecular weight is 857 g/mol. The van der Waals surface area contributed by atoms with E-state index in [2.05, 4.69) is 103 Å². The lowest BCUT2D eigenvalue weighted by molar-refractivity contribution is -0.181. The molecule has 0 radical (unpaired) electrons. The molecule has 55 heavy (non-hydrogen) atoms. The maximum absolute atomic E-state index is 7.71. The molecule has 0 bridgehead atoms. The van der Waals surface area contributed by atoms with E-state index in [4.69, 9.17) is 31.5 Å². The molecule has 2 aliphatic heterocycles. The molecule has 1 saturated heterocycles. The van der Waals surface area contributed by atoms with Crippen LogP contribution in [0.3, 0.4) is 0 Å². The number of allylic oxidation sites excluding steroid dienone is 3. The molecule has 2 atom stereocenters. The van der Waals surface area contributed by atoms with Gasteiger partial charge < -0.3 is 36.4 Å². The van der Waals surface area contributed by atoms with Crippen molar-refractivity contribution in [3.8, 4) is 28.4 Å². The van der Waals surface area contributed by atoms with E-state index in [-0.39, 0.29) is 0 Å². The number of ether oxygens (including phenoxy) is 6. The van der Waals surface area contributed by atoms with Crippen molar-refractivity contribution < 1.29 is 31.5 Å². The third kappa shape index (κ3) is 6.86. The third-order valence-electron chi connectivity index (χ3n) is 11.6. The molecular weight excluding hydrogens is 805 g/mol. The molecule has 4 aromatic rings. The molecule has 2 aliphatic carbocycles. The molecule has 9 heteroatoms. The van der Waals surface area contributed by atoms with E-state index in [0.717, 1.165) is 86.1 Å². The molecule has 0 spiro atoms. The fourth-order valence-electron chi connectivity index (χ4n) is 8.97. The summed E-state index contributed by atoms with van der Waals surface area (Å²) in [6.07, 6.45) is 16.1. The molecule has 1 fully saturated rings. The highest BCUT2D eigenvalue weighted by Gasteiger charge is 2.53. The van der Waals surface area contributed by atoms with E-state index < -0.39 is 11.2 Å². The molecule has 0 aromatic heterocycles. The number of methoxy groups -OCH3 is 2. The van der Waals surface area contributed by atoms with Crippen molar-refractivity contribution in [3.05, 3.63) is 113 Å². The van der Waals surface area contributed by atoms with E-state index in [9.17, 15) is 0 Å². The Bertz CT molecular complexity index is 2100. The highest BCUT2D eigenvalue weighted by molar-refractivity contribution is 14.1. The van der Waals surface area contributed by atoms with Gasteiger partial charge in [0.05, 0.1) is 46.2 Å². The van der Waals surface area contributed by atoms with Crippen molar-refractivity contribution in [3.63, 3.8) is 0 Å². The zero-order valence-electron chi connectivity index (χ0n) is 32.1. The summed E-state index contributed by atoms with van der Waals surface area (Å²) >= 11 is 1.91. The number of hydrogen-bond donors (Lipinski definition) is 0. The zero-order chi connectivity index (χ0) is 37.8. The van der Waals surface area contributed by atoms with Crippen LogP contribution in [0.1, 0.15) is 61.3 Å². The molecule has 4 aromatic carbocycles. The Kier molecular flexibility index (Phi) is 11.5. The first-order chi connectivity index (χ1) is 27.1. The fourth-order valence-corrected chi connectivity index (χ4v) is 9.15. The Hall–Kier alpha value is -3.87. The normalized spacial score (nSPS) is 21.2. The van der Waals surface area contributed by atoms with Crippen molar-refractivity contribution >= 4 is 45.5 Å². The Balaban J connectivity index is 1.35. The first-order valence-corrected chi connectivity index (χ1v) is 20.5. The SMILES string of the molecule is CCCCC1([OH+]CCOCCOI)c2ccccc2-c2c1c1c(c3cc(OC)c(OC)cc23)OC(C2=CC=CCC2)(c2ccc(N3CCOCC3)cc2)C=C1. The number of unbranched alkanes of at least 4 members (excludes halogenated alkanes) is 1. The van der Waals surface area contributed by atoms with Crippen LogP contribution < -0.4 is 19.1 Å². The van der Waals surface area contributed by atoms with E-state index in [0.29, 0.717) is 37.9 Å². The van der Waals surface area contributed by atoms with Crippen LogP contribution in [0.5, 0.6) is 17.2 Å². The van der Waals surface area contributed by atoms with Gasteiger partial charge in [-0.3, -0.25) is 0 Å². The van der Waals surface area contributed by atoms with E-state index in [1.165, 1.54) is 33.5 Å². The van der Waals surface area contributed by atoms with Gasteiger partial charge in [-0.25, -0.2) is 0 Å². The predicted octanol–water partition coefficient (Wildman–Crippen LogP) is 9.60. The van der Waals surface area contributed by atoms with Crippen LogP contribution in [-0.2, 0) is 23.7 Å². The standard InChI is InChI=1S/C46H50INO7/c1-4-5-20-46(53-28-26-52-27-29-54-47)39-14-10-9-13-35(39)42-37-30-40(49-2)41(50-3)31-38(37)44-36(43(42)46)19-21-45(55-44,32-11-7-6-8-12-32)33-15-17-34(18-16-33)48-22-24-51-25-23-48/h6-7,9-11,13-19,21,30-31H,4-5,8,12,20,22-29H2,1-3H3/p+1. The van der Waals surface area contributed by atoms with Crippen LogP contribution >= 0.6 is 23.0 Å². The van der Waals surface area contributed by atoms with Gasteiger partial charge in [-0.2, -0.15) is 0 Å². The number of halogens is 1. The van der Waals surface area contributed by atoms with Gasteiger partial charge in [0.2, 0.25) is 5.60 Å². The molecule has 8 rings (SSSR count). The number of hydrogen-bond acceptors (Lipinski definition) is 7. The lowest BCUT2D eigenvalue weighted by Gasteiger charge is -2.40. The number of aliphatic hydroxyl groups is 2. The van der Waals surface area contributed by atoms with Gasteiger partial charge in [-0.15, -0.1) is 0 Å². The van der Waals surface area contributed by atoms with Crippen LogP contribution in [0, 0.1) is 0 Å². The molecule has 1 N–H and O–H groups in total. The maximum Gasteiger partial charge on any atom is 0.219 e. The maximum atomic E-state index is 7.71. The number of rotatable bonds is 15. The summed E-state index contributed by atoms with van der Waals surface area (Å²) in [5.41, 5.74) is 7.96. The first kappa shape index (κ1) is 38.0. The Morgan fingerprint density at radius 3 is 2.44 bits per heavy atom. The third-order valence-corrected chi connectivity index (χ3v) is 12.0. The second-order valence-electron chi connectivity index (χ2n) is 14.5. The summed E-state index contributed by atoms with van der Waals surface area (Å²) in [5.74, 6) is 2.18. The molecule has 8 nitrogen and oxygen atoms in total. The highest BCUT2D eigenvalue weighted by Crippen LogP contribution is 2.60. The van der Waals surface area contributed by atoms with Crippen LogP contribution in [0.2, 0.25) is 0 Å². The molecule has 288 valence electrons. The summed E-state index contributed by atoms with van der Waals surface area (Å²) in [6.45, 7) is 7.67. The van der Waals surface area contributed by atoms with Gasteiger partial charge in [0, 0.05) is 52.8 Å². The van der Waals surface area contributed by atoms with Crippen molar-refractivity contribution in [1.82, 2.24) is 0 Å². The minimum absolute atomic E-state index is 0.518. The molecule has 0 saturated carbocycles. The lowest BCUT2D eigenvalue weighted by Crippen LogP contribution is -2.38. The van der Waals surface area contributed by atoms with Crippen LogP contribution in [0.25, 0.3) is 28.0 Å². The number of morpholine rings is 1. The number of anilines is 1. The summed E-state index contributed by atoms with van der Waals surface area (Å²) < 4.78 is 42.1. The second-order valence-corrected chi connectivity index (χ2v) is 15.2. The largest absolute Gasteiger partial charge is 0.493 e.